The van der Waals surface area contributed by atoms with Crippen LogP contribution < -0.4 is 10.1 Å². The molecule has 1 aliphatic rings. The number of nitrogens with zero attached hydrogens (tertiary/aromatic N) is 1. The van der Waals surface area contributed by atoms with Crippen LogP contribution in [0.15, 0.2) is 42.5 Å². The van der Waals surface area contributed by atoms with Crippen LogP contribution in [0.25, 0.3) is 0 Å². The maximum atomic E-state index is 13.3. The van der Waals surface area contributed by atoms with Crippen LogP contribution in [0.1, 0.15) is 30.9 Å². The third kappa shape index (κ3) is 4.08. The molecule has 3 rings (SSSR count). The van der Waals surface area contributed by atoms with Gasteiger partial charge in [0, 0.05) is 18.2 Å². The molecule has 27 heavy (non-hydrogen) atoms. The first-order valence-electron chi connectivity index (χ1n) is 8.91. The fourth-order valence-electron chi connectivity index (χ4n) is 3.36. The summed E-state index contributed by atoms with van der Waals surface area (Å²) in [5, 5.41) is 13.0. The molecule has 1 saturated heterocycles. The Hall–Kier alpha value is -2.55. The van der Waals surface area contributed by atoms with Crippen molar-refractivity contribution in [3.63, 3.8) is 0 Å². The molecule has 0 atom stereocenters. The number of hydrogen-bond donors (Lipinski definition) is 1. The second-order valence-electron chi connectivity index (χ2n) is 6.41. The highest BCUT2D eigenvalue weighted by Crippen LogP contribution is 2.37. The van der Waals surface area contributed by atoms with Gasteiger partial charge in [0.1, 0.15) is 11.8 Å². The van der Waals surface area contributed by atoms with Gasteiger partial charge in [-0.1, -0.05) is 23.7 Å². The molecule has 0 aliphatic carbocycles. The molecule has 0 saturated carbocycles. The van der Waals surface area contributed by atoms with E-state index in [1.54, 1.807) is 30.3 Å². The van der Waals surface area contributed by atoms with Crippen LogP contribution in [-0.4, -0.2) is 25.7 Å². The van der Waals surface area contributed by atoms with Crippen LogP contribution in [-0.2, 0) is 14.9 Å². The van der Waals surface area contributed by atoms with Crippen molar-refractivity contribution in [2.75, 3.05) is 25.1 Å². The lowest BCUT2D eigenvalue weighted by Gasteiger charge is -2.36. The number of ether oxygens (including phenoxy) is 2. The van der Waals surface area contributed by atoms with Crippen molar-refractivity contribution in [1.29, 1.82) is 5.26 Å². The van der Waals surface area contributed by atoms with Crippen LogP contribution >= 0.6 is 11.6 Å². The summed E-state index contributed by atoms with van der Waals surface area (Å²) in [5.41, 5.74) is 1.03. The van der Waals surface area contributed by atoms with Crippen molar-refractivity contribution in [2.45, 2.75) is 25.2 Å². The van der Waals surface area contributed by atoms with E-state index in [1.165, 1.54) is 0 Å². The van der Waals surface area contributed by atoms with E-state index in [-0.39, 0.29) is 5.91 Å². The lowest BCUT2D eigenvalue weighted by Crippen LogP contribution is -2.45. The summed E-state index contributed by atoms with van der Waals surface area (Å²) in [6, 6.07) is 14.6. The number of hydrogen-bond acceptors (Lipinski definition) is 4. The van der Waals surface area contributed by atoms with E-state index in [0.717, 1.165) is 5.56 Å². The maximum absolute atomic E-state index is 13.3. The number of nitrogens with one attached hydrogen (secondary N) is 1. The van der Waals surface area contributed by atoms with E-state index < -0.39 is 5.41 Å². The summed E-state index contributed by atoms with van der Waals surface area (Å²) < 4.78 is 10.9. The van der Waals surface area contributed by atoms with Crippen LogP contribution in [0, 0.1) is 11.3 Å². The topological polar surface area (TPSA) is 71.3 Å². The number of carbonyl (C=O) groups excluding carboxylic acids is 1. The minimum Gasteiger partial charge on any atom is -0.494 e. The third-order valence-corrected chi connectivity index (χ3v) is 5.10. The van der Waals surface area contributed by atoms with E-state index in [2.05, 4.69) is 11.4 Å². The smallest absolute Gasteiger partial charge is 0.235 e. The van der Waals surface area contributed by atoms with Gasteiger partial charge >= 0.3 is 0 Å². The third-order valence-electron chi connectivity index (χ3n) is 4.85. The van der Waals surface area contributed by atoms with E-state index >= 15 is 0 Å². The van der Waals surface area contributed by atoms with Crippen molar-refractivity contribution in [2.24, 2.45) is 0 Å². The highest BCUT2D eigenvalue weighted by atomic mass is 35.5. The van der Waals surface area contributed by atoms with E-state index in [4.69, 9.17) is 21.1 Å². The number of nitriles is 1. The number of anilines is 1. The molecule has 0 spiro atoms. The predicted molar refractivity (Wildman–Crippen MR) is 104 cm³/mol. The van der Waals surface area contributed by atoms with E-state index in [0.29, 0.717) is 54.7 Å². The molecule has 2 aromatic rings. The minimum atomic E-state index is -0.714. The molecule has 2 aromatic carbocycles. The van der Waals surface area contributed by atoms with Crippen molar-refractivity contribution < 1.29 is 14.3 Å². The highest BCUT2D eigenvalue weighted by molar-refractivity contribution is 6.30. The SMILES string of the molecule is CCOc1ccc(NC(=O)C2(c3ccc(Cl)cc3)CCOCC2)c(C#N)c1. The number of rotatable bonds is 5. The van der Waals surface area contributed by atoms with Crippen LogP contribution in [0.2, 0.25) is 5.02 Å². The summed E-state index contributed by atoms with van der Waals surface area (Å²) in [6.07, 6.45) is 1.14. The van der Waals surface area contributed by atoms with Crippen molar-refractivity contribution in [1.82, 2.24) is 0 Å². The first-order chi connectivity index (χ1) is 13.1. The minimum absolute atomic E-state index is 0.145. The fraction of sp³-hybridized carbons (Fsp3) is 0.333. The van der Waals surface area contributed by atoms with E-state index in [9.17, 15) is 10.1 Å². The van der Waals surface area contributed by atoms with Gasteiger partial charge in [0.25, 0.3) is 0 Å². The zero-order valence-electron chi connectivity index (χ0n) is 15.1. The lowest BCUT2D eigenvalue weighted by atomic mass is 9.73. The number of carbonyl (C=O) groups is 1. The fourth-order valence-corrected chi connectivity index (χ4v) is 3.48. The van der Waals surface area contributed by atoms with Crippen LogP contribution in [0.4, 0.5) is 5.69 Å². The standard InChI is InChI=1S/C21H21ClN2O3/c1-2-27-18-7-8-19(15(13-18)14-23)24-20(25)21(9-11-26-12-10-21)16-3-5-17(22)6-4-16/h3-8,13H,2,9-12H2,1H3,(H,24,25). The van der Waals surface area contributed by atoms with Gasteiger partial charge in [0.05, 0.1) is 23.3 Å². The molecule has 0 unspecified atom stereocenters. The monoisotopic (exact) mass is 384 g/mol. The predicted octanol–water partition coefficient (Wildman–Crippen LogP) is 4.30. The van der Waals surface area contributed by atoms with Gasteiger partial charge in [0.15, 0.2) is 0 Å². The molecule has 1 N–H and O–H groups in total. The van der Waals surface area contributed by atoms with Crippen molar-refractivity contribution in [3.05, 3.63) is 58.6 Å². The van der Waals surface area contributed by atoms with Crippen LogP contribution in [0.5, 0.6) is 5.75 Å². The summed E-state index contributed by atoms with van der Waals surface area (Å²) in [7, 11) is 0. The zero-order valence-corrected chi connectivity index (χ0v) is 15.9. The molecule has 1 aliphatic heterocycles. The average Bonchev–Trinajstić information content (AvgIpc) is 2.70. The number of benzene rings is 2. The van der Waals surface area contributed by atoms with Gasteiger partial charge in [-0.05, 0) is 55.7 Å². The first-order valence-corrected chi connectivity index (χ1v) is 9.29. The molecule has 1 amide bonds. The second-order valence-corrected chi connectivity index (χ2v) is 6.84. The summed E-state index contributed by atoms with van der Waals surface area (Å²) in [6.45, 7) is 3.40. The Morgan fingerprint density at radius 2 is 1.96 bits per heavy atom. The Kier molecular flexibility index (Phi) is 6.00. The highest BCUT2D eigenvalue weighted by Gasteiger charge is 2.42. The van der Waals surface area contributed by atoms with Gasteiger partial charge in [-0.2, -0.15) is 5.26 Å². The van der Waals surface area contributed by atoms with Gasteiger partial charge in [0.2, 0.25) is 5.91 Å². The maximum Gasteiger partial charge on any atom is 0.235 e. The van der Waals surface area contributed by atoms with Crippen molar-refractivity contribution >= 4 is 23.2 Å². The summed E-state index contributed by atoms with van der Waals surface area (Å²) >= 11 is 6.01. The summed E-state index contributed by atoms with van der Waals surface area (Å²) in [5.74, 6) is 0.458. The second kappa shape index (κ2) is 8.43. The molecule has 1 heterocycles. The quantitative estimate of drug-likeness (QED) is 0.834. The largest absolute Gasteiger partial charge is 0.494 e. The molecule has 0 aromatic heterocycles. The van der Waals surface area contributed by atoms with Gasteiger partial charge in [-0.15, -0.1) is 0 Å². The number of amides is 1. The van der Waals surface area contributed by atoms with Gasteiger partial charge in [-0.25, -0.2) is 0 Å². The Labute approximate surface area is 163 Å². The molecule has 1 fully saturated rings. The molecule has 140 valence electrons. The molecule has 0 radical (unpaired) electrons. The summed E-state index contributed by atoms with van der Waals surface area (Å²) in [4.78, 5) is 13.3. The molecular formula is C21H21ClN2O3. The Morgan fingerprint density at radius 1 is 1.26 bits per heavy atom. The lowest BCUT2D eigenvalue weighted by molar-refractivity contribution is -0.125. The first kappa shape index (κ1) is 19.2. The Balaban J connectivity index is 1.92. The number of halogens is 1. The molecule has 0 bridgehead atoms. The van der Waals surface area contributed by atoms with Gasteiger partial charge < -0.3 is 14.8 Å². The molecule has 5 nitrogen and oxygen atoms in total. The van der Waals surface area contributed by atoms with Crippen LogP contribution in [0.3, 0.4) is 0 Å². The Bertz CT molecular complexity index is 853. The normalized spacial score (nSPS) is 15.6. The van der Waals surface area contributed by atoms with Crippen molar-refractivity contribution in [3.8, 4) is 11.8 Å². The average molecular weight is 385 g/mol. The van der Waals surface area contributed by atoms with Gasteiger partial charge in [-0.3, -0.25) is 4.79 Å². The Morgan fingerprint density at radius 3 is 2.59 bits per heavy atom. The molecule has 6 heteroatoms. The van der Waals surface area contributed by atoms with E-state index in [1.807, 2.05) is 19.1 Å². The zero-order chi connectivity index (χ0) is 19.3. The molecular weight excluding hydrogens is 364 g/mol.